The Labute approximate surface area is 96.5 Å². The Morgan fingerprint density at radius 2 is 1.50 bits per heavy atom. The Morgan fingerprint density at radius 3 is 1.81 bits per heavy atom. The quantitative estimate of drug-likeness (QED) is 0.677. The lowest BCUT2D eigenvalue weighted by molar-refractivity contribution is 0.759. The topological polar surface area (TPSA) is 9.86 Å². The monoisotopic (exact) mass is 212 g/mol. The molecule has 82 valence electrons. The van der Waals surface area contributed by atoms with Gasteiger partial charge in [-0.15, -0.1) is 5.92 Å². The van der Waals surface area contributed by atoms with Crippen molar-refractivity contribution in [3.8, 4) is 11.8 Å². The zero-order valence-corrected chi connectivity index (χ0v) is 9.94. The van der Waals surface area contributed by atoms with Crippen LogP contribution in [-0.4, -0.2) is 9.13 Å². The lowest BCUT2D eigenvalue weighted by Gasteiger charge is -2.13. The summed E-state index contributed by atoms with van der Waals surface area (Å²) in [5.74, 6) is 6.46. The maximum atomic E-state index is 3.28. The van der Waals surface area contributed by atoms with Crippen molar-refractivity contribution < 1.29 is 0 Å². The summed E-state index contributed by atoms with van der Waals surface area (Å²) in [6, 6.07) is 8.37. The van der Waals surface area contributed by atoms with Crippen LogP contribution in [0.15, 0.2) is 36.7 Å². The third-order valence-electron chi connectivity index (χ3n) is 2.85. The first-order valence-corrected chi connectivity index (χ1v) is 5.38. The highest BCUT2D eigenvalue weighted by Gasteiger charge is 2.16. The van der Waals surface area contributed by atoms with E-state index in [-0.39, 0.29) is 5.92 Å². The van der Waals surface area contributed by atoms with Gasteiger partial charge in [-0.3, -0.25) is 0 Å². The zero-order chi connectivity index (χ0) is 11.5. The molecule has 0 aliphatic carbocycles. The van der Waals surface area contributed by atoms with Crippen LogP contribution in [0.25, 0.3) is 0 Å². The number of rotatable bonds is 2. The molecule has 2 heterocycles. The SMILES string of the molecule is CC#CC(c1cccn1C)c1cccn1C. The molecular weight excluding hydrogens is 196 g/mol. The molecule has 0 saturated carbocycles. The van der Waals surface area contributed by atoms with Gasteiger partial charge in [-0.1, -0.05) is 5.92 Å². The van der Waals surface area contributed by atoms with Gasteiger partial charge >= 0.3 is 0 Å². The van der Waals surface area contributed by atoms with Gasteiger partial charge in [0, 0.05) is 37.9 Å². The van der Waals surface area contributed by atoms with E-state index in [1.807, 2.05) is 6.92 Å². The van der Waals surface area contributed by atoms with Crippen molar-refractivity contribution >= 4 is 0 Å². The molecule has 0 fully saturated rings. The smallest absolute Gasteiger partial charge is 0.100 e. The van der Waals surface area contributed by atoms with Crippen LogP contribution in [0.1, 0.15) is 24.2 Å². The van der Waals surface area contributed by atoms with Crippen LogP contribution in [0.5, 0.6) is 0 Å². The first kappa shape index (κ1) is 10.6. The first-order chi connectivity index (χ1) is 7.74. The van der Waals surface area contributed by atoms with Crippen molar-refractivity contribution in [2.75, 3.05) is 0 Å². The fourth-order valence-corrected chi connectivity index (χ4v) is 1.99. The van der Waals surface area contributed by atoms with E-state index in [1.165, 1.54) is 11.4 Å². The molecule has 2 aromatic heterocycles. The molecule has 0 unspecified atom stereocenters. The van der Waals surface area contributed by atoms with Gasteiger partial charge in [0.15, 0.2) is 0 Å². The number of aryl methyl sites for hydroxylation is 2. The van der Waals surface area contributed by atoms with Crippen LogP contribution in [0.3, 0.4) is 0 Å². The Hall–Kier alpha value is -1.88. The first-order valence-electron chi connectivity index (χ1n) is 5.38. The van der Waals surface area contributed by atoms with Crippen LogP contribution in [-0.2, 0) is 14.1 Å². The molecule has 16 heavy (non-hydrogen) atoms. The third-order valence-corrected chi connectivity index (χ3v) is 2.85. The maximum Gasteiger partial charge on any atom is 0.100 e. The van der Waals surface area contributed by atoms with Gasteiger partial charge in [0.05, 0.1) is 0 Å². The molecule has 2 nitrogen and oxygen atoms in total. The van der Waals surface area contributed by atoms with Crippen LogP contribution in [0.4, 0.5) is 0 Å². The Bertz CT molecular complexity index is 494. The Morgan fingerprint density at radius 1 is 1.00 bits per heavy atom. The van der Waals surface area contributed by atoms with Gasteiger partial charge in [0.25, 0.3) is 0 Å². The van der Waals surface area contributed by atoms with Gasteiger partial charge in [-0.2, -0.15) is 0 Å². The van der Waals surface area contributed by atoms with Crippen molar-refractivity contribution in [3.05, 3.63) is 48.0 Å². The van der Waals surface area contributed by atoms with Gasteiger partial charge in [-0.05, 0) is 31.2 Å². The maximum absolute atomic E-state index is 3.28. The second-order valence-corrected chi connectivity index (χ2v) is 3.92. The summed E-state index contributed by atoms with van der Waals surface area (Å²) < 4.78 is 4.25. The van der Waals surface area contributed by atoms with Crippen molar-refractivity contribution in [2.24, 2.45) is 14.1 Å². The molecule has 0 atom stereocenters. The zero-order valence-electron chi connectivity index (χ0n) is 9.94. The summed E-state index contributed by atoms with van der Waals surface area (Å²) in [5.41, 5.74) is 2.47. The normalized spacial score (nSPS) is 10.2. The molecule has 0 amide bonds. The molecule has 2 rings (SSSR count). The Balaban J connectivity index is 2.50. The highest BCUT2D eigenvalue weighted by Crippen LogP contribution is 2.23. The van der Waals surface area contributed by atoms with E-state index in [9.17, 15) is 0 Å². The highest BCUT2D eigenvalue weighted by atomic mass is 15.0. The third kappa shape index (κ3) is 1.77. The summed E-state index contributed by atoms with van der Waals surface area (Å²) in [4.78, 5) is 0. The molecule has 2 heteroatoms. The van der Waals surface area contributed by atoms with Gasteiger partial charge < -0.3 is 9.13 Å². The fraction of sp³-hybridized carbons (Fsp3) is 0.286. The van der Waals surface area contributed by atoms with E-state index in [0.717, 1.165) is 0 Å². The molecule has 0 aliphatic rings. The van der Waals surface area contributed by atoms with Crippen molar-refractivity contribution in [2.45, 2.75) is 12.8 Å². The molecule has 0 bridgehead atoms. The van der Waals surface area contributed by atoms with Gasteiger partial charge in [0.2, 0.25) is 0 Å². The molecule has 0 radical (unpaired) electrons. The molecule has 0 saturated heterocycles. The van der Waals surface area contributed by atoms with E-state index in [2.05, 4.69) is 71.7 Å². The van der Waals surface area contributed by atoms with Crippen LogP contribution in [0.2, 0.25) is 0 Å². The number of hydrogen-bond donors (Lipinski definition) is 0. The van der Waals surface area contributed by atoms with Crippen molar-refractivity contribution in [1.82, 2.24) is 9.13 Å². The van der Waals surface area contributed by atoms with E-state index in [1.54, 1.807) is 0 Å². The second kappa shape index (κ2) is 4.32. The summed E-state index contributed by atoms with van der Waals surface area (Å²) >= 11 is 0. The minimum atomic E-state index is 0.157. The van der Waals surface area contributed by atoms with Crippen LogP contribution in [0, 0.1) is 11.8 Å². The van der Waals surface area contributed by atoms with Crippen molar-refractivity contribution in [1.29, 1.82) is 0 Å². The summed E-state index contributed by atoms with van der Waals surface area (Å²) in [6.45, 7) is 1.89. The minimum absolute atomic E-state index is 0.157. The highest BCUT2D eigenvalue weighted by molar-refractivity contribution is 5.35. The number of nitrogens with zero attached hydrogens (tertiary/aromatic N) is 2. The van der Waals surface area contributed by atoms with Crippen LogP contribution < -0.4 is 0 Å². The fourth-order valence-electron chi connectivity index (χ4n) is 1.99. The van der Waals surface area contributed by atoms with E-state index in [4.69, 9.17) is 0 Å². The Kier molecular flexibility index (Phi) is 2.87. The number of aromatic nitrogens is 2. The van der Waals surface area contributed by atoms with E-state index < -0.39 is 0 Å². The molecule has 0 spiro atoms. The lowest BCUT2D eigenvalue weighted by Crippen LogP contribution is -2.08. The number of hydrogen-bond acceptors (Lipinski definition) is 0. The molecule has 0 aromatic carbocycles. The molecular formula is C14H16N2. The lowest BCUT2D eigenvalue weighted by atomic mass is 10.0. The van der Waals surface area contributed by atoms with E-state index >= 15 is 0 Å². The predicted molar refractivity (Wildman–Crippen MR) is 66.1 cm³/mol. The largest absolute Gasteiger partial charge is 0.353 e. The van der Waals surface area contributed by atoms with Crippen LogP contribution >= 0.6 is 0 Å². The van der Waals surface area contributed by atoms with E-state index in [0.29, 0.717) is 0 Å². The molecule has 2 aromatic rings. The summed E-state index contributed by atoms with van der Waals surface area (Å²) in [7, 11) is 4.12. The summed E-state index contributed by atoms with van der Waals surface area (Å²) in [5, 5.41) is 0. The standard InChI is InChI=1S/C14H16N2/c1-4-7-12(13-8-5-10-15(13)2)14-9-6-11-16(14)3/h5-6,8-12H,1-3H3. The second-order valence-electron chi connectivity index (χ2n) is 3.92. The average Bonchev–Trinajstić information content (AvgIpc) is 2.84. The summed E-state index contributed by atoms with van der Waals surface area (Å²) in [6.07, 6.45) is 4.12. The van der Waals surface area contributed by atoms with Crippen molar-refractivity contribution in [3.63, 3.8) is 0 Å². The predicted octanol–water partition coefficient (Wildman–Crippen LogP) is 2.52. The van der Waals surface area contributed by atoms with Gasteiger partial charge in [-0.25, -0.2) is 0 Å². The average molecular weight is 212 g/mol. The van der Waals surface area contributed by atoms with Gasteiger partial charge in [0.1, 0.15) is 5.92 Å². The molecule has 0 aliphatic heterocycles. The molecule has 0 N–H and O–H groups in total. The minimum Gasteiger partial charge on any atom is -0.353 e.